The van der Waals surface area contributed by atoms with E-state index in [-0.39, 0.29) is 6.42 Å². The maximum atomic E-state index is 11.7. The molecule has 0 aromatic carbocycles. The molecule has 0 aliphatic heterocycles. The third-order valence-electron chi connectivity index (χ3n) is 1.97. The lowest BCUT2D eigenvalue weighted by Gasteiger charge is -2.09. The van der Waals surface area contributed by atoms with Crippen LogP contribution in [0.1, 0.15) is 33.1 Å². The Balaban J connectivity index is 3.14. The first-order chi connectivity index (χ1) is 6.45. The van der Waals surface area contributed by atoms with E-state index in [9.17, 15) is 13.2 Å². The van der Waals surface area contributed by atoms with Crippen molar-refractivity contribution in [3.05, 3.63) is 6.42 Å². The number of hydrogen-bond acceptors (Lipinski definition) is 1. The van der Waals surface area contributed by atoms with E-state index >= 15 is 0 Å². The highest BCUT2D eigenvalue weighted by Crippen LogP contribution is 2.20. The summed E-state index contributed by atoms with van der Waals surface area (Å²) in [7, 11) is 0. The predicted molar refractivity (Wildman–Crippen MR) is 49.9 cm³/mol. The highest BCUT2D eigenvalue weighted by molar-refractivity contribution is 4.73. The number of hydrogen-bond donors (Lipinski definition) is 0. The molecule has 0 aromatic heterocycles. The summed E-state index contributed by atoms with van der Waals surface area (Å²) in [5, 5.41) is 0. The fraction of sp³-hybridized carbons (Fsp3) is 0.900. The van der Waals surface area contributed by atoms with Gasteiger partial charge in [-0.2, -0.15) is 13.2 Å². The van der Waals surface area contributed by atoms with Gasteiger partial charge in [0, 0.05) is 13.2 Å². The zero-order valence-electron chi connectivity index (χ0n) is 8.73. The normalized spacial score (nSPS) is 14.4. The summed E-state index contributed by atoms with van der Waals surface area (Å²) < 4.78 is 40.2. The third kappa shape index (κ3) is 9.84. The van der Waals surface area contributed by atoms with Crippen LogP contribution in [-0.2, 0) is 4.74 Å². The Hall–Kier alpha value is -0.250. The molecule has 0 fully saturated rings. The molecule has 0 spiro atoms. The maximum absolute atomic E-state index is 11.7. The van der Waals surface area contributed by atoms with E-state index in [4.69, 9.17) is 4.74 Å². The van der Waals surface area contributed by atoms with E-state index in [2.05, 4.69) is 13.8 Å². The van der Waals surface area contributed by atoms with Gasteiger partial charge in [-0.05, 0) is 18.8 Å². The Morgan fingerprint density at radius 1 is 1.36 bits per heavy atom. The molecule has 0 N–H and O–H groups in total. The predicted octanol–water partition coefficient (Wildman–Crippen LogP) is 3.60. The second kappa shape index (κ2) is 7.10. The largest absolute Gasteiger partial charge is 0.392 e. The summed E-state index contributed by atoms with van der Waals surface area (Å²) in [4.78, 5) is 0. The Labute approximate surface area is 83.6 Å². The molecule has 0 amide bonds. The van der Waals surface area contributed by atoms with Crippen molar-refractivity contribution in [2.45, 2.75) is 39.3 Å². The zero-order chi connectivity index (χ0) is 11.0. The topological polar surface area (TPSA) is 9.23 Å². The fourth-order valence-electron chi connectivity index (χ4n) is 0.853. The molecule has 1 nitrogen and oxygen atoms in total. The minimum absolute atomic E-state index is 0.0456. The third-order valence-corrected chi connectivity index (χ3v) is 1.97. The van der Waals surface area contributed by atoms with E-state index in [0.29, 0.717) is 32.0 Å². The van der Waals surface area contributed by atoms with Gasteiger partial charge in [0.25, 0.3) is 0 Å². The first kappa shape index (κ1) is 13.8. The average Bonchev–Trinajstić information content (AvgIpc) is 2.08. The number of alkyl halides is 3. The van der Waals surface area contributed by atoms with Crippen molar-refractivity contribution in [1.82, 2.24) is 0 Å². The second-order valence-electron chi connectivity index (χ2n) is 3.48. The van der Waals surface area contributed by atoms with Gasteiger partial charge in [-0.15, -0.1) is 0 Å². The minimum atomic E-state index is -4.14. The van der Waals surface area contributed by atoms with Crippen LogP contribution in [0.2, 0.25) is 0 Å². The summed E-state index contributed by atoms with van der Waals surface area (Å²) in [5.74, 6) is 0.488. The lowest BCUT2D eigenvalue weighted by atomic mass is 10.1. The van der Waals surface area contributed by atoms with Gasteiger partial charge < -0.3 is 4.74 Å². The summed E-state index contributed by atoms with van der Waals surface area (Å²) in [6.07, 6.45) is -2.25. The Morgan fingerprint density at radius 3 is 2.50 bits per heavy atom. The molecule has 0 rings (SSSR count). The van der Waals surface area contributed by atoms with Crippen LogP contribution in [0.3, 0.4) is 0 Å². The molecular weight excluding hydrogens is 193 g/mol. The molecule has 0 aliphatic carbocycles. The Morgan fingerprint density at radius 2 is 2.00 bits per heavy atom. The highest BCUT2D eigenvalue weighted by atomic mass is 19.4. The molecule has 0 saturated heterocycles. The standard InChI is InChI=1S/C10H18F3O/c1-3-9(2)8-14-7-5-4-6-10(11,12)13/h6,9H,3-5,7-8H2,1-2H3. The minimum Gasteiger partial charge on any atom is -0.381 e. The SMILES string of the molecule is CCC(C)COCCC[CH]C(F)(F)F. The number of unbranched alkanes of at least 4 members (excludes halogenated alkanes) is 1. The van der Waals surface area contributed by atoms with E-state index in [1.807, 2.05) is 0 Å². The van der Waals surface area contributed by atoms with Crippen molar-refractivity contribution in [2.75, 3.05) is 13.2 Å². The lowest BCUT2D eigenvalue weighted by molar-refractivity contribution is -0.0987. The Kier molecular flexibility index (Phi) is 6.97. The maximum Gasteiger partial charge on any atom is 0.392 e. The average molecular weight is 211 g/mol. The van der Waals surface area contributed by atoms with Gasteiger partial charge in [-0.25, -0.2) is 0 Å². The van der Waals surface area contributed by atoms with Crippen LogP contribution in [0, 0.1) is 12.3 Å². The van der Waals surface area contributed by atoms with Crippen LogP contribution in [0.15, 0.2) is 0 Å². The van der Waals surface area contributed by atoms with Gasteiger partial charge in [0.1, 0.15) is 0 Å². The van der Waals surface area contributed by atoms with E-state index in [1.54, 1.807) is 0 Å². The molecule has 1 atom stereocenters. The van der Waals surface area contributed by atoms with Crippen molar-refractivity contribution in [1.29, 1.82) is 0 Å². The van der Waals surface area contributed by atoms with Crippen LogP contribution >= 0.6 is 0 Å². The number of rotatable bonds is 7. The lowest BCUT2D eigenvalue weighted by Crippen LogP contribution is -2.09. The quantitative estimate of drug-likeness (QED) is 0.585. The van der Waals surface area contributed by atoms with Crippen LogP contribution in [-0.4, -0.2) is 19.4 Å². The molecular formula is C10H18F3O. The molecule has 0 saturated carbocycles. The fourth-order valence-corrected chi connectivity index (χ4v) is 0.853. The summed E-state index contributed by atoms with van der Waals surface area (Å²) in [6.45, 7) is 5.17. The van der Waals surface area contributed by atoms with Gasteiger partial charge >= 0.3 is 6.18 Å². The zero-order valence-corrected chi connectivity index (χ0v) is 8.73. The van der Waals surface area contributed by atoms with Crippen molar-refractivity contribution < 1.29 is 17.9 Å². The van der Waals surface area contributed by atoms with E-state index < -0.39 is 6.18 Å². The molecule has 0 heterocycles. The molecule has 1 radical (unpaired) electrons. The first-order valence-electron chi connectivity index (χ1n) is 4.94. The number of halogens is 3. The van der Waals surface area contributed by atoms with Crippen molar-refractivity contribution in [3.8, 4) is 0 Å². The van der Waals surface area contributed by atoms with Crippen molar-refractivity contribution in [2.24, 2.45) is 5.92 Å². The first-order valence-corrected chi connectivity index (χ1v) is 4.94. The smallest absolute Gasteiger partial charge is 0.381 e. The Bertz CT molecular complexity index is 134. The summed E-state index contributed by atoms with van der Waals surface area (Å²) in [5.41, 5.74) is 0. The molecule has 14 heavy (non-hydrogen) atoms. The van der Waals surface area contributed by atoms with Gasteiger partial charge in [0.15, 0.2) is 0 Å². The van der Waals surface area contributed by atoms with Crippen LogP contribution in [0.25, 0.3) is 0 Å². The molecule has 0 bridgehead atoms. The molecule has 4 heteroatoms. The van der Waals surface area contributed by atoms with Gasteiger partial charge in [-0.3, -0.25) is 0 Å². The number of ether oxygens (including phenoxy) is 1. The molecule has 1 unspecified atom stereocenters. The highest BCUT2D eigenvalue weighted by Gasteiger charge is 2.26. The van der Waals surface area contributed by atoms with Crippen LogP contribution in [0.4, 0.5) is 13.2 Å². The van der Waals surface area contributed by atoms with Gasteiger partial charge in [-0.1, -0.05) is 20.3 Å². The summed E-state index contributed by atoms with van der Waals surface area (Å²) >= 11 is 0. The van der Waals surface area contributed by atoms with Crippen molar-refractivity contribution in [3.63, 3.8) is 0 Å². The van der Waals surface area contributed by atoms with Gasteiger partial charge in [0.05, 0.1) is 6.42 Å². The van der Waals surface area contributed by atoms with Crippen LogP contribution in [0.5, 0.6) is 0 Å². The van der Waals surface area contributed by atoms with E-state index in [0.717, 1.165) is 6.42 Å². The summed E-state index contributed by atoms with van der Waals surface area (Å²) in [6, 6.07) is 0. The second-order valence-corrected chi connectivity index (χ2v) is 3.48. The molecule has 0 aromatic rings. The molecule has 85 valence electrons. The monoisotopic (exact) mass is 211 g/mol. The van der Waals surface area contributed by atoms with Crippen LogP contribution < -0.4 is 0 Å². The molecule has 0 aliphatic rings. The van der Waals surface area contributed by atoms with Gasteiger partial charge in [0.2, 0.25) is 0 Å². The van der Waals surface area contributed by atoms with E-state index in [1.165, 1.54) is 0 Å². The van der Waals surface area contributed by atoms with Crippen molar-refractivity contribution >= 4 is 0 Å².